The second kappa shape index (κ2) is 17.2. The minimum Gasteiger partial charge on any atom is -0.344 e. The van der Waals surface area contributed by atoms with Gasteiger partial charge >= 0.3 is 0 Å². The lowest BCUT2D eigenvalue weighted by Crippen LogP contribution is -2.44. The Labute approximate surface area is 211 Å². The van der Waals surface area contributed by atoms with Crippen LogP contribution in [0.5, 0.6) is 0 Å². The number of unbranched alkanes of at least 4 members (excludes halogenated alkanes) is 2. The minimum absolute atomic E-state index is 0.0294. The second-order valence-electron chi connectivity index (χ2n) is 7.68. The fourth-order valence-corrected chi connectivity index (χ4v) is 3.32. The van der Waals surface area contributed by atoms with Crippen LogP contribution in [-0.2, 0) is 19.2 Å². The molecule has 0 unspecified atom stereocenters. The van der Waals surface area contributed by atoms with Crippen molar-refractivity contribution in [2.45, 2.75) is 50.6 Å². The Bertz CT molecular complexity index is 750. The molecule has 0 radical (unpaired) electrons. The zero-order valence-electron chi connectivity index (χ0n) is 19.2. The van der Waals surface area contributed by atoms with Crippen molar-refractivity contribution in [3.63, 3.8) is 0 Å². The monoisotopic (exact) mass is 512 g/mol. The predicted octanol–water partition coefficient (Wildman–Crippen LogP) is 0.651. The number of nitrogens with two attached hydrogens (primary N) is 2. The molecule has 8 N–H and O–H groups in total. The highest BCUT2D eigenvalue weighted by Gasteiger charge is 2.22. The molecule has 0 fully saturated rings. The number of hydrogen-bond donors (Lipinski definition) is 8. The summed E-state index contributed by atoms with van der Waals surface area (Å²) in [5, 5.41) is 10.9. The van der Waals surface area contributed by atoms with Gasteiger partial charge in [0.15, 0.2) is 0 Å². The van der Waals surface area contributed by atoms with E-state index in [4.69, 9.17) is 11.5 Å². The lowest BCUT2D eigenvalue weighted by Gasteiger charge is -2.19. The van der Waals surface area contributed by atoms with E-state index in [-0.39, 0.29) is 35.1 Å². The van der Waals surface area contributed by atoms with Gasteiger partial charge in [-0.2, -0.15) is 25.3 Å². The van der Waals surface area contributed by atoms with Gasteiger partial charge in [-0.15, -0.1) is 0 Å². The van der Waals surface area contributed by atoms with Gasteiger partial charge in [0.2, 0.25) is 23.6 Å². The first-order valence-electron chi connectivity index (χ1n) is 11.3. The molecule has 0 saturated carbocycles. The lowest BCUT2D eigenvalue weighted by molar-refractivity contribution is -0.125. The summed E-state index contributed by atoms with van der Waals surface area (Å²) < 4.78 is 0. The number of benzene rings is 1. The summed E-state index contributed by atoms with van der Waals surface area (Å²) in [4.78, 5) is 49.1. The van der Waals surface area contributed by atoms with Crippen molar-refractivity contribution in [1.82, 2.24) is 10.6 Å². The Morgan fingerprint density at radius 2 is 1.15 bits per heavy atom. The molecule has 0 aliphatic heterocycles. The third-order valence-corrected chi connectivity index (χ3v) is 5.46. The van der Waals surface area contributed by atoms with Gasteiger partial charge in [-0.3, -0.25) is 19.2 Å². The van der Waals surface area contributed by atoms with Crippen molar-refractivity contribution in [2.75, 3.05) is 35.2 Å². The van der Waals surface area contributed by atoms with E-state index in [0.717, 1.165) is 12.8 Å². The van der Waals surface area contributed by atoms with Crippen molar-refractivity contribution in [3.05, 3.63) is 24.3 Å². The van der Waals surface area contributed by atoms with E-state index in [9.17, 15) is 19.2 Å². The van der Waals surface area contributed by atoms with Crippen LogP contribution in [0, 0.1) is 0 Å². The standard InChI is InChI=1S/C22H36N6O4S2/c23-10-3-1-8-17(27-19(29)13-33)21(31)25-15-6-5-7-16(12-15)26-22(32)18(9-2-4-11-24)28-20(30)14-34/h5-7,12,17-18,33-34H,1-4,8-11,13-14,23-24H2,(H,25,31)(H,26,32)(H,27,29)(H,28,30)/t17-,18-/m0/s1. The summed E-state index contributed by atoms with van der Waals surface area (Å²) >= 11 is 7.88. The van der Waals surface area contributed by atoms with Gasteiger partial charge in [0.05, 0.1) is 11.5 Å². The molecule has 10 nitrogen and oxygen atoms in total. The molecule has 0 aliphatic rings. The van der Waals surface area contributed by atoms with Gasteiger partial charge in [0, 0.05) is 11.4 Å². The first-order chi connectivity index (χ1) is 16.3. The van der Waals surface area contributed by atoms with Gasteiger partial charge in [-0.25, -0.2) is 0 Å². The Morgan fingerprint density at radius 1 is 0.735 bits per heavy atom. The highest BCUT2D eigenvalue weighted by molar-refractivity contribution is 7.81. The Morgan fingerprint density at radius 3 is 1.50 bits per heavy atom. The molecule has 0 bridgehead atoms. The summed E-state index contributed by atoms with van der Waals surface area (Å²) in [5.74, 6) is -1.51. The van der Waals surface area contributed by atoms with E-state index in [1.54, 1.807) is 24.3 Å². The number of rotatable bonds is 16. The summed E-state index contributed by atoms with van der Waals surface area (Å²) in [6.45, 7) is 0.997. The number of thiol groups is 2. The van der Waals surface area contributed by atoms with E-state index in [0.29, 0.717) is 50.1 Å². The first kappa shape index (κ1) is 29.8. The number of nitrogens with one attached hydrogen (secondary N) is 4. The molecule has 0 spiro atoms. The van der Waals surface area contributed by atoms with E-state index in [1.165, 1.54) is 0 Å². The van der Waals surface area contributed by atoms with Crippen LogP contribution >= 0.6 is 25.3 Å². The van der Waals surface area contributed by atoms with Crippen molar-refractivity contribution in [1.29, 1.82) is 0 Å². The predicted molar refractivity (Wildman–Crippen MR) is 141 cm³/mol. The molecule has 2 atom stereocenters. The Kier molecular flexibility index (Phi) is 15.0. The zero-order chi connectivity index (χ0) is 25.3. The van der Waals surface area contributed by atoms with E-state index in [1.807, 2.05) is 0 Å². The topological polar surface area (TPSA) is 168 Å². The van der Waals surface area contributed by atoms with Crippen LogP contribution in [0.25, 0.3) is 0 Å². The third-order valence-electron chi connectivity index (χ3n) is 4.88. The molecule has 0 saturated heterocycles. The molecule has 0 aliphatic carbocycles. The van der Waals surface area contributed by atoms with E-state index >= 15 is 0 Å². The summed E-state index contributed by atoms with van der Waals surface area (Å²) in [7, 11) is 0. The smallest absolute Gasteiger partial charge is 0.246 e. The highest BCUT2D eigenvalue weighted by Crippen LogP contribution is 2.17. The first-order valence-corrected chi connectivity index (χ1v) is 12.5. The average molecular weight is 513 g/mol. The number of carbonyl (C=O) groups excluding carboxylic acids is 4. The SMILES string of the molecule is NCCCC[C@H](NC(=O)CS)C(=O)Nc1cccc(NC(=O)[C@H](CCCCN)NC(=O)CS)c1. The van der Waals surface area contributed by atoms with Crippen LogP contribution in [-0.4, -0.2) is 60.3 Å². The molecular weight excluding hydrogens is 476 g/mol. The molecule has 0 aromatic heterocycles. The van der Waals surface area contributed by atoms with E-state index < -0.39 is 12.1 Å². The van der Waals surface area contributed by atoms with Gasteiger partial charge in [-0.05, 0) is 69.8 Å². The summed E-state index contributed by atoms with van der Waals surface area (Å²) in [6, 6.07) is 5.17. The summed E-state index contributed by atoms with van der Waals surface area (Å²) in [5.41, 5.74) is 11.9. The molecule has 34 heavy (non-hydrogen) atoms. The average Bonchev–Trinajstić information content (AvgIpc) is 2.82. The normalized spacial score (nSPS) is 12.4. The fourth-order valence-electron chi connectivity index (χ4n) is 3.14. The van der Waals surface area contributed by atoms with Gasteiger partial charge in [0.1, 0.15) is 12.1 Å². The van der Waals surface area contributed by atoms with Crippen molar-refractivity contribution in [2.24, 2.45) is 11.5 Å². The maximum absolute atomic E-state index is 12.8. The lowest BCUT2D eigenvalue weighted by atomic mass is 10.1. The Hall–Kier alpha value is -2.28. The molecule has 1 aromatic rings. The zero-order valence-corrected chi connectivity index (χ0v) is 21.0. The Balaban J connectivity index is 2.85. The molecule has 190 valence electrons. The number of hydrogen-bond acceptors (Lipinski definition) is 8. The van der Waals surface area contributed by atoms with Crippen LogP contribution in [0.3, 0.4) is 0 Å². The van der Waals surface area contributed by atoms with Gasteiger partial charge < -0.3 is 32.7 Å². The van der Waals surface area contributed by atoms with Gasteiger partial charge in [0.25, 0.3) is 0 Å². The molecule has 0 heterocycles. The summed E-state index contributed by atoms with van der Waals surface area (Å²) in [6.07, 6.45) is 3.71. The molecule has 12 heteroatoms. The van der Waals surface area contributed by atoms with Crippen LogP contribution in [0.15, 0.2) is 24.3 Å². The minimum atomic E-state index is -0.729. The molecule has 4 amide bonds. The van der Waals surface area contributed by atoms with Crippen LogP contribution < -0.4 is 32.7 Å². The highest BCUT2D eigenvalue weighted by atomic mass is 32.1. The number of anilines is 2. The van der Waals surface area contributed by atoms with Crippen molar-refractivity contribution in [3.8, 4) is 0 Å². The molecule has 1 aromatic carbocycles. The van der Waals surface area contributed by atoms with Crippen LogP contribution in [0.2, 0.25) is 0 Å². The van der Waals surface area contributed by atoms with E-state index in [2.05, 4.69) is 46.5 Å². The molecular formula is C22H36N6O4S2. The number of amides is 4. The second-order valence-corrected chi connectivity index (χ2v) is 8.32. The maximum atomic E-state index is 12.8. The van der Waals surface area contributed by atoms with Crippen molar-refractivity contribution >= 4 is 60.3 Å². The third kappa shape index (κ3) is 11.7. The fraction of sp³-hybridized carbons (Fsp3) is 0.545. The van der Waals surface area contributed by atoms with Crippen LogP contribution in [0.4, 0.5) is 11.4 Å². The van der Waals surface area contributed by atoms with Crippen molar-refractivity contribution < 1.29 is 19.2 Å². The van der Waals surface area contributed by atoms with Crippen LogP contribution in [0.1, 0.15) is 38.5 Å². The maximum Gasteiger partial charge on any atom is 0.246 e. The number of carbonyl (C=O) groups is 4. The largest absolute Gasteiger partial charge is 0.344 e. The van der Waals surface area contributed by atoms with Gasteiger partial charge in [-0.1, -0.05) is 6.07 Å². The molecule has 1 rings (SSSR count). The quantitative estimate of drug-likeness (QED) is 0.119.